The average molecular weight is 520 g/mol. The molecule has 0 unspecified atom stereocenters. The largest absolute Gasteiger partial charge is 0.513 e. The average Bonchev–Trinajstić information content (AvgIpc) is 3.47. The molecule has 3 aromatic heterocycles. The number of likely N-dealkylation sites (tertiary alicyclic amines) is 1. The van der Waals surface area contributed by atoms with Crippen LogP contribution in [0, 0.1) is 6.92 Å². The van der Waals surface area contributed by atoms with Crippen LogP contribution in [0.4, 0.5) is 4.79 Å². The Balaban J connectivity index is 1.34. The summed E-state index contributed by atoms with van der Waals surface area (Å²) < 4.78 is 19.9. The van der Waals surface area contributed by atoms with Gasteiger partial charge >= 0.3 is 6.16 Å². The standard InChI is InChI=1S/C28H33N5O5/c1-4-37-15-14-32-17-21(27-24(32)6-5-7-26(27)38-28(35)36-3)25(34)18-31-12-9-20(10-13-31)33-19(2)30-22-16-29-11-8-23(22)33/h5-8,11,16-17,20H,4,9-10,12-15,18H2,1-3H3. The predicted molar refractivity (Wildman–Crippen MR) is 143 cm³/mol. The number of aromatic nitrogens is 4. The zero-order valence-corrected chi connectivity index (χ0v) is 22.1. The van der Waals surface area contributed by atoms with Gasteiger partial charge in [-0.15, -0.1) is 0 Å². The van der Waals surface area contributed by atoms with Gasteiger partial charge in [-0.05, 0) is 44.9 Å². The molecule has 10 heteroatoms. The normalized spacial score (nSPS) is 14.8. The molecule has 0 aliphatic carbocycles. The van der Waals surface area contributed by atoms with Gasteiger partial charge in [-0.3, -0.25) is 14.7 Å². The number of piperidine rings is 1. The van der Waals surface area contributed by atoms with Crippen molar-refractivity contribution in [2.24, 2.45) is 0 Å². The smallest absolute Gasteiger partial charge is 0.437 e. The highest BCUT2D eigenvalue weighted by Crippen LogP contribution is 2.33. The molecule has 1 saturated heterocycles. The lowest BCUT2D eigenvalue weighted by atomic mass is 10.0. The Kier molecular flexibility index (Phi) is 7.71. The molecule has 1 aliphatic heterocycles. The first kappa shape index (κ1) is 25.9. The van der Waals surface area contributed by atoms with E-state index in [9.17, 15) is 9.59 Å². The number of ketones is 1. The summed E-state index contributed by atoms with van der Waals surface area (Å²) in [5.74, 6) is 1.28. The van der Waals surface area contributed by atoms with Crippen molar-refractivity contribution in [3.8, 4) is 5.75 Å². The van der Waals surface area contributed by atoms with E-state index in [-0.39, 0.29) is 12.3 Å². The first-order chi connectivity index (χ1) is 18.5. The van der Waals surface area contributed by atoms with Gasteiger partial charge in [-0.2, -0.15) is 0 Å². The maximum absolute atomic E-state index is 13.6. The number of Topliss-reactive ketones (excluding diaryl/α,β-unsaturated/α-hetero) is 1. The monoisotopic (exact) mass is 519 g/mol. The Hall–Kier alpha value is -3.76. The number of rotatable bonds is 9. The number of pyridine rings is 1. The molecule has 1 aliphatic rings. The summed E-state index contributed by atoms with van der Waals surface area (Å²) in [6, 6.07) is 7.74. The van der Waals surface area contributed by atoms with Gasteiger partial charge in [0.1, 0.15) is 17.1 Å². The topological polar surface area (TPSA) is 101 Å². The van der Waals surface area contributed by atoms with E-state index in [2.05, 4.69) is 19.4 Å². The molecule has 0 N–H and O–H groups in total. The molecular weight excluding hydrogens is 486 g/mol. The fourth-order valence-corrected chi connectivity index (χ4v) is 5.40. The zero-order chi connectivity index (χ0) is 26.6. The Labute approximate surface area is 221 Å². The number of carbonyl (C=O) groups excluding carboxylic acids is 2. The summed E-state index contributed by atoms with van der Waals surface area (Å²) in [7, 11) is 1.26. The second kappa shape index (κ2) is 11.3. The minimum atomic E-state index is -0.821. The molecule has 1 aromatic carbocycles. The van der Waals surface area contributed by atoms with Gasteiger partial charge < -0.3 is 23.3 Å². The Morgan fingerprint density at radius 1 is 1.13 bits per heavy atom. The molecule has 5 rings (SSSR count). The second-order valence-corrected chi connectivity index (χ2v) is 9.46. The number of ether oxygens (including phenoxy) is 3. The lowest BCUT2D eigenvalue weighted by Crippen LogP contribution is -2.38. The minimum absolute atomic E-state index is 0.0140. The molecule has 0 amide bonds. The number of imidazole rings is 1. The number of aryl methyl sites for hydroxylation is 1. The van der Waals surface area contributed by atoms with Gasteiger partial charge in [0.05, 0.1) is 42.9 Å². The number of hydrogen-bond donors (Lipinski definition) is 0. The lowest BCUT2D eigenvalue weighted by Gasteiger charge is -2.33. The SMILES string of the molecule is CCOCCn1cc(C(=O)CN2CCC(n3c(C)nc4cnccc43)CC2)c2c(OC(=O)OC)cccc21. The molecule has 200 valence electrons. The highest BCUT2D eigenvalue weighted by molar-refractivity contribution is 6.11. The van der Waals surface area contributed by atoms with Crippen LogP contribution in [0.25, 0.3) is 21.9 Å². The van der Waals surface area contributed by atoms with Gasteiger partial charge in [-0.25, -0.2) is 9.78 Å². The van der Waals surface area contributed by atoms with Crippen molar-refractivity contribution in [3.63, 3.8) is 0 Å². The summed E-state index contributed by atoms with van der Waals surface area (Å²) in [5, 5.41) is 0.614. The van der Waals surface area contributed by atoms with Crippen molar-refractivity contribution in [1.82, 2.24) is 24.0 Å². The Morgan fingerprint density at radius 3 is 2.71 bits per heavy atom. The van der Waals surface area contributed by atoms with Gasteiger partial charge in [0.25, 0.3) is 0 Å². The Morgan fingerprint density at radius 2 is 1.95 bits per heavy atom. The van der Waals surface area contributed by atoms with E-state index < -0.39 is 6.16 Å². The van der Waals surface area contributed by atoms with Gasteiger partial charge in [0.15, 0.2) is 5.78 Å². The third-order valence-corrected chi connectivity index (χ3v) is 7.17. The molecule has 38 heavy (non-hydrogen) atoms. The highest BCUT2D eigenvalue weighted by atomic mass is 16.7. The predicted octanol–water partition coefficient (Wildman–Crippen LogP) is 4.40. The number of nitrogens with zero attached hydrogens (tertiary/aromatic N) is 5. The van der Waals surface area contributed by atoms with Crippen LogP contribution in [0.3, 0.4) is 0 Å². The van der Waals surface area contributed by atoms with Crippen molar-refractivity contribution >= 4 is 33.9 Å². The van der Waals surface area contributed by atoms with E-state index in [1.54, 1.807) is 24.5 Å². The Bertz CT molecular complexity index is 1450. The molecule has 0 spiro atoms. The number of benzene rings is 1. The fraction of sp³-hybridized carbons (Fsp3) is 0.429. The first-order valence-electron chi connectivity index (χ1n) is 13.0. The number of carbonyl (C=O) groups is 2. The van der Waals surface area contributed by atoms with Crippen molar-refractivity contribution in [1.29, 1.82) is 0 Å². The molecular formula is C28H33N5O5. The summed E-state index contributed by atoms with van der Waals surface area (Å²) in [4.78, 5) is 36.6. The molecule has 10 nitrogen and oxygen atoms in total. The quantitative estimate of drug-likeness (QED) is 0.139. The van der Waals surface area contributed by atoms with Crippen molar-refractivity contribution < 1.29 is 23.8 Å². The van der Waals surface area contributed by atoms with Crippen LogP contribution in [-0.4, -0.2) is 75.9 Å². The van der Waals surface area contributed by atoms with Gasteiger partial charge in [0.2, 0.25) is 0 Å². The third-order valence-electron chi connectivity index (χ3n) is 7.17. The molecule has 0 atom stereocenters. The maximum atomic E-state index is 13.6. The highest BCUT2D eigenvalue weighted by Gasteiger charge is 2.27. The third kappa shape index (κ3) is 5.14. The summed E-state index contributed by atoms with van der Waals surface area (Å²) in [6.07, 6.45) is 6.48. The molecule has 4 aromatic rings. The van der Waals surface area contributed by atoms with Crippen molar-refractivity contribution in [3.05, 3.63) is 54.2 Å². The second-order valence-electron chi connectivity index (χ2n) is 9.46. The van der Waals surface area contributed by atoms with Gasteiger partial charge in [-0.1, -0.05) is 6.07 Å². The van der Waals surface area contributed by atoms with Crippen molar-refractivity contribution in [2.75, 3.05) is 40.0 Å². The molecule has 0 bridgehead atoms. The van der Waals surface area contributed by atoms with E-state index in [1.165, 1.54) is 7.11 Å². The molecule has 0 saturated carbocycles. The zero-order valence-electron chi connectivity index (χ0n) is 22.1. The maximum Gasteiger partial charge on any atom is 0.513 e. The van der Waals surface area contributed by atoms with Crippen LogP contribution in [0.15, 0.2) is 42.9 Å². The summed E-state index contributed by atoms with van der Waals surface area (Å²) in [6.45, 7) is 7.58. The summed E-state index contributed by atoms with van der Waals surface area (Å²) in [5.41, 5.74) is 3.35. The van der Waals surface area contributed by atoms with E-state index in [4.69, 9.17) is 14.2 Å². The van der Waals surface area contributed by atoms with Crippen molar-refractivity contribution in [2.45, 2.75) is 39.3 Å². The van der Waals surface area contributed by atoms with Crippen LogP contribution >= 0.6 is 0 Å². The fourth-order valence-electron chi connectivity index (χ4n) is 5.40. The van der Waals surface area contributed by atoms with E-state index >= 15 is 0 Å². The van der Waals surface area contributed by atoms with E-state index in [0.29, 0.717) is 42.5 Å². The van der Waals surface area contributed by atoms with Crippen LogP contribution in [-0.2, 0) is 16.0 Å². The molecule has 0 radical (unpaired) electrons. The van der Waals surface area contributed by atoms with Crippen LogP contribution in [0.2, 0.25) is 0 Å². The van der Waals surface area contributed by atoms with E-state index in [0.717, 1.165) is 48.3 Å². The van der Waals surface area contributed by atoms with Crippen LogP contribution in [0.5, 0.6) is 5.75 Å². The first-order valence-corrected chi connectivity index (χ1v) is 13.0. The molecule has 4 heterocycles. The summed E-state index contributed by atoms with van der Waals surface area (Å²) >= 11 is 0. The molecule has 1 fully saturated rings. The van der Waals surface area contributed by atoms with Crippen LogP contribution < -0.4 is 4.74 Å². The minimum Gasteiger partial charge on any atom is -0.437 e. The number of fused-ring (bicyclic) bond motifs is 2. The van der Waals surface area contributed by atoms with Crippen LogP contribution in [0.1, 0.15) is 42.0 Å². The van der Waals surface area contributed by atoms with Gasteiger partial charge in [0, 0.05) is 50.2 Å². The van der Waals surface area contributed by atoms with E-state index in [1.807, 2.05) is 36.7 Å². The lowest BCUT2D eigenvalue weighted by molar-refractivity contribution is 0.0898. The number of methoxy groups -OCH3 is 1. The number of hydrogen-bond acceptors (Lipinski definition) is 8.